The largest absolute Gasteiger partial charge is 0.508 e. The molecular formula is C67H100N16O18S2. The second-order valence-electron chi connectivity index (χ2n) is 24.9. The molecule has 34 nitrogen and oxygen atoms in total. The van der Waals surface area contributed by atoms with Gasteiger partial charge in [-0.1, -0.05) is 122 Å². The lowest BCUT2D eigenvalue weighted by Crippen LogP contribution is -2.61. The van der Waals surface area contributed by atoms with Gasteiger partial charge in [0.15, 0.2) is 6.10 Å². The lowest BCUT2D eigenvalue weighted by atomic mass is 10.0. The third-order valence-electron chi connectivity index (χ3n) is 16.4. The number of likely N-dealkylation sites (tertiary alicyclic amines) is 1. The van der Waals surface area contributed by atoms with Gasteiger partial charge in [-0.15, -0.1) is 0 Å². The number of nitrogens with one attached hydrogen (secondary N) is 11. The minimum atomic E-state index is -1.90. The summed E-state index contributed by atoms with van der Waals surface area (Å²) in [7, 11) is 1.68. The van der Waals surface area contributed by atoms with Crippen LogP contribution < -0.4 is 81.4 Å². The molecule has 1 unspecified atom stereocenters. The lowest BCUT2D eigenvalue weighted by Gasteiger charge is -2.31. The molecular weight excluding hydrogens is 1380 g/mol. The highest BCUT2D eigenvalue weighted by atomic mass is 33.1. The van der Waals surface area contributed by atoms with E-state index in [4.69, 9.17) is 27.7 Å². The number of hydrogen-bond acceptors (Lipinski definition) is 21. The molecule has 568 valence electrons. The average molecular weight is 1480 g/mol. The van der Waals surface area contributed by atoms with Crippen molar-refractivity contribution in [2.24, 2.45) is 22.9 Å². The number of rotatable bonds is 38. The van der Waals surface area contributed by atoms with E-state index in [1.54, 1.807) is 30.3 Å². The smallest absolute Gasteiger partial charge is 0.306 e. The van der Waals surface area contributed by atoms with Crippen molar-refractivity contribution in [3.63, 3.8) is 0 Å². The molecule has 0 radical (unpaired) electrons. The number of esters is 1. The van der Waals surface area contributed by atoms with Crippen molar-refractivity contribution in [1.29, 1.82) is 0 Å². The summed E-state index contributed by atoms with van der Waals surface area (Å²) in [5.74, 6) is -15.8. The third-order valence-corrected chi connectivity index (χ3v) is 18.8. The van der Waals surface area contributed by atoms with E-state index in [0.717, 1.165) is 52.2 Å². The molecule has 36 heteroatoms. The molecule has 0 aromatic heterocycles. The highest BCUT2D eigenvalue weighted by Crippen LogP contribution is 2.27. The number of carbonyl (C=O) groups excluding carboxylic acids is 16. The number of nitrogens with zero attached hydrogens (tertiary/aromatic N) is 1. The van der Waals surface area contributed by atoms with Crippen LogP contribution in [0, 0.1) is 0 Å². The zero-order chi connectivity index (χ0) is 75.8. The Morgan fingerprint density at radius 2 is 1.13 bits per heavy atom. The molecule has 2 aromatic rings. The second-order valence-corrected chi connectivity index (χ2v) is 27.5. The van der Waals surface area contributed by atoms with Crippen LogP contribution >= 0.6 is 21.6 Å². The van der Waals surface area contributed by atoms with E-state index in [1.807, 2.05) is 0 Å². The summed E-state index contributed by atoms with van der Waals surface area (Å²) in [6.07, 6.45) is 6.93. The average Bonchev–Trinajstić information content (AvgIpc) is 1.75. The van der Waals surface area contributed by atoms with Gasteiger partial charge in [0.1, 0.15) is 54.1 Å². The molecule has 0 bridgehead atoms. The Kier molecular flexibility index (Phi) is 39.0. The fraction of sp³-hybridized carbons (Fsp3) is 0.582. The van der Waals surface area contributed by atoms with E-state index in [-0.39, 0.29) is 57.4 Å². The van der Waals surface area contributed by atoms with Crippen LogP contribution in [0.3, 0.4) is 0 Å². The molecule has 20 N–H and O–H groups in total. The maximum absolute atomic E-state index is 15.0. The molecule has 2 aliphatic heterocycles. The number of hydrogen-bond donors (Lipinski definition) is 16. The molecule has 0 saturated carbocycles. The van der Waals surface area contributed by atoms with Gasteiger partial charge in [0.25, 0.3) is 5.91 Å². The summed E-state index contributed by atoms with van der Waals surface area (Å²) >= 11 is 0. The van der Waals surface area contributed by atoms with Gasteiger partial charge in [0.05, 0.1) is 32.6 Å². The Labute approximate surface area is 605 Å². The Bertz CT molecular complexity index is 3230. The summed E-state index contributed by atoms with van der Waals surface area (Å²) in [6, 6.07) is 1.10. The quantitative estimate of drug-likeness (QED) is 0.0181. The van der Waals surface area contributed by atoms with Crippen molar-refractivity contribution in [2.75, 3.05) is 50.8 Å². The Balaban J connectivity index is 1.66. The van der Waals surface area contributed by atoms with Crippen molar-refractivity contribution in [3.05, 3.63) is 65.7 Å². The summed E-state index contributed by atoms with van der Waals surface area (Å²) in [6.45, 7) is 1.00. The lowest BCUT2D eigenvalue weighted by molar-refractivity contribution is -0.155. The van der Waals surface area contributed by atoms with Crippen LogP contribution in [-0.4, -0.2) is 210 Å². The van der Waals surface area contributed by atoms with Crippen LogP contribution in [0.1, 0.15) is 141 Å². The summed E-state index contributed by atoms with van der Waals surface area (Å²) in [5, 5.41) is 37.3. The number of primary amides is 3. The van der Waals surface area contributed by atoms with Crippen molar-refractivity contribution < 1.29 is 86.6 Å². The van der Waals surface area contributed by atoms with Gasteiger partial charge in [0, 0.05) is 43.7 Å². The second kappa shape index (κ2) is 46.8. The van der Waals surface area contributed by atoms with Gasteiger partial charge in [-0.3, -0.25) is 76.7 Å². The van der Waals surface area contributed by atoms with Gasteiger partial charge in [-0.2, -0.15) is 0 Å². The first-order valence-corrected chi connectivity index (χ1v) is 37.0. The molecule has 9 atom stereocenters. The number of phenolic OH excluding ortho intramolecular Hbond substituents is 1. The van der Waals surface area contributed by atoms with Crippen molar-refractivity contribution in [2.45, 2.75) is 197 Å². The first-order chi connectivity index (χ1) is 49.2. The number of ether oxygens (including phenoxy) is 1. The predicted octanol–water partition coefficient (Wildman–Crippen LogP) is -2.97. The summed E-state index contributed by atoms with van der Waals surface area (Å²) < 4.78 is 5.23. The fourth-order valence-electron chi connectivity index (χ4n) is 10.8. The van der Waals surface area contributed by atoms with Crippen LogP contribution in [0.25, 0.3) is 0 Å². The van der Waals surface area contributed by atoms with Crippen molar-refractivity contribution in [3.8, 4) is 5.75 Å². The zero-order valence-electron chi connectivity index (χ0n) is 58.2. The first kappa shape index (κ1) is 85.8. The molecule has 2 heterocycles. The normalized spacial score (nSPS) is 19.7. The minimum Gasteiger partial charge on any atom is -0.508 e. The molecule has 2 saturated heterocycles. The van der Waals surface area contributed by atoms with Gasteiger partial charge >= 0.3 is 5.97 Å². The van der Waals surface area contributed by atoms with Gasteiger partial charge < -0.3 is 96.2 Å². The van der Waals surface area contributed by atoms with Crippen LogP contribution in [0.2, 0.25) is 0 Å². The molecule has 2 aliphatic rings. The monoisotopic (exact) mass is 1480 g/mol. The molecule has 2 aromatic carbocycles. The maximum atomic E-state index is 15.0. The number of nitrogens with two attached hydrogens (primary N) is 4. The van der Waals surface area contributed by atoms with Crippen LogP contribution in [-0.2, 0) is 94.3 Å². The summed E-state index contributed by atoms with van der Waals surface area (Å²) in [5.41, 5.74) is 22.9. The molecule has 4 rings (SSSR count). The highest BCUT2D eigenvalue weighted by molar-refractivity contribution is 8.76. The Morgan fingerprint density at radius 3 is 1.74 bits per heavy atom. The van der Waals surface area contributed by atoms with Gasteiger partial charge in [-0.05, 0) is 81.7 Å². The molecule has 2 fully saturated rings. The number of carbonyl (C=O) groups is 16. The molecule has 0 spiro atoms. The van der Waals surface area contributed by atoms with Gasteiger partial charge in [-0.25, -0.2) is 0 Å². The van der Waals surface area contributed by atoms with E-state index in [1.165, 1.54) is 56.9 Å². The number of aromatic hydroxyl groups is 1. The van der Waals surface area contributed by atoms with Crippen molar-refractivity contribution >= 4 is 116 Å². The molecule has 0 aliphatic carbocycles. The topological polar surface area (TPSA) is 542 Å². The molecule has 15 amide bonds. The fourth-order valence-corrected chi connectivity index (χ4v) is 13.1. The van der Waals surface area contributed by atoms with Crippen LogP contribution in [0.15, 0.2) is 54.6 Å². The van der Waals surface area contributed by atoms with E-state index in [2.05, 4.69) is 65.4 Å². The number of benzene rings is 2. The zero-order valence-corrected chi connectivity index (χ0v) is 59.8. The first-order valence-electron chi connectivity index (χ1n) is 34.5. The SMILES string of the molecule is CCCCCCCCCCCC(=O)OC(C)C(=O)NCC(=O)NCC(=O)NCC(=O)N[C@H]1CSSC[C@@H](C(=O)N2CCC[C@H]2C(=O)N[C@@H](CCCCN)C(=O)NCC(N)=O)NC(=O)[C@H](CC(N)=O)NC(=O)[C@H](CCC(N)=O)NC(=O)[C@H](Cc2ccccc2)NC(=O)[C@@H](Cc2ccc(O)cc2)NC1=O. The molecule has 103 heavy (non-hydrogen) atoms. The predicted molar refractivity (Wildman–Crippen MR) is 379 cm³/mol. The number of unbranched alkanes of at least 4 members (excludes halogenated alkanes) is 9. The Hall–Kier alpha value is -9.58. The number of amides is 15. The summed E-state index contributed by atoms with van der Waals surface area (Å²) in [4.78, 5) is 218. The minimum absolute atomic E-state index is 0.0561. The Morgan fingerprint density at radius 1 is 0.583 bits per heavy atom. The standard InChI is InChI=1S/C67H100N16O18S2/c1-3-4-5-6-7-8-9-10-14-22-58(91)101-40(2)59(92)75-36-56(89)72-35-55(88)73-37-57(90)76-49-38-102-103-39-50(67(100)83-30-17-21-51(83)66(99)78-44(20-15-16-29-68)60(93)74-34-54(71)87)82-64(97)48(33-53(70)86)81-61(94)45(27-28-52(69)85)77-62(95)46(31-41-18-12-11-13-19-41)79-63(96)47(80-65(49)98)32-42-23-25-43(84)26-24-42/h11-13,18-19,23-26,40,44-51,84H,3-10,14-17,20-22,27-39,68H2,1-2H3,(H2,69,85)(H2,70,86)(H2,71,87)(H,72,89)(H,73,88)(H,74,93)(H,75,92)(H,76,90)(H,77,95)(H,78,99)(H,79,96)(H,80,98)(H,81,94)(H,82,97)/t40?,44-,45-,46-,47+,48-,49-,50-,51-/m0/s1. The van der Waals surface area contributed by atoms with Gasteiger partial charge in [0.2, 0.25) is 82.7 Å². The number of phenols is 1. The van der Waals surface area contributed by atoms with E-state index in [9.17, 15) is 81.8 Å². The van der Waals surface area contributed by atoms with Crippen molar-refractivity contribution in [1.82, 2.24) is 63.4 Å². The van der Waals surface area contributed by atoms with E-state index < -0.39 is 206 Å². The van der Waals surface area contributed by atoms with E-state index >= 15 is 0 Å². The highest BCUT2D eigenvalue weighted by Gasteiger charge is 2.41. The van der Waals surface area contributed by atoms with Crippen LogP contribution in [0.4, 0.5) is 0 Å². The van der Waals surface area contributed by atoms with Crippen LogP contribution in [0.5, 0.6) is 5.75 Å². The van der Waals surface area contributed by atoms with E-state index in [0.29, 0.717) is 30.4 Å². The third kappa shape index (κ3) is 33.4. The maximum Gasteiger partial charge on any atom is 0.306 e.